The topological polar surface area (TPSA) is 61.2 Å². The molecule has 1 aromatic carbocycles. The van der Waals surface area contributed by atoms with Gasteiger partial charge >= 0.3 is 0 Å². The molecular formula is C18H18N4O2S. The Kier molecular flexibility index (Phi) is 4.15. The molecule has 25 heavy (non-hydrogen) atoms. The van der Waals surface area contributed by atoms with Crippen LogP contribution in [-0.2, 0) is 0 Å². The second kappa shape index (κ2) is 6.60. The lowest BCUT2D eigenvalue weighted by atomic mass is 10.0. The van der Waals surface area contributed by atoms with Crippen molar-refractivity contribution in [3.63, 3.8) is 0 Å². The fraction of sp³-hybridized carbons (Fsp3) is 0.222. The van der Waals surface area contributed by atoms with E-state index in [-0.39, 0.29) is 6.04 Å². The predicted molar refractivity (Wildman–Crippen MR) is 98.2 cm³/mol. The number of hydrogen-bond acceptors (Lipinski definition) is 6. The summed E-state index contributed by atoms with van der Waals surface area (Å²) in [6.07, 6.45) is 3.72. The SMILES string of the molecule is CCOc1ccc(C2C=C(c3cccs3)Nc3ncnn32)cc1OC. The van der Waals surface area contributed by atoms with Gasteiger partial charge in [-0.15, -0.1) is 11.3 Å². The minimum Gasteiger partial charge on any atom is -0.493 e. The Balaban J connectivity index is 1.78. The Labute approximate surface area is 149 Å². The fourth-order valence-electron chi connectivity index (χ4n) is 2.89. The third-order valence-electron chi connectivity index (χ3n) is 4.02. The summed E-state index contributed by atoms with van der Waals surface area (Å²) in [7, 11) is 1.65. The number of nitrogens with zero attached hydrogens (tertiary/aromatic N) is 3. The minimum absolute atomic E-state index is 0.0690. The van der Waals surface area contributed by atoms with E-state index in [4.69, 9.17) is 9.47 Å². The first-order valence-corrected chi connectivity index (χ1v) is 8.91. The van der Waals surface area contributed by atoms with Crippen LogP contribution < -0.4 is 14.8 Å². The second-order valence-corrected chi connectivity index (χ2v) is 6.45. The van der Waals surface area contributed by atoms with E-state index < -0.39 is 0 Å². The van der Waals surface area contributed by atoms with Crippen LogP contribution in [0, 0.1) is 0 Å². The van der Waals surface area contributed by atoms with Gasteiger partial charge < -0.3 is 14.8 Å². The summed E-state index contributed by atoms with van der Waals surface area (Å²) < 4.78 is 13.0. The zero-order valence-corrected chi connectivity index (χ0v) is 14.8. The smallest absolute Gasteiger partial charge is 0.226 e. The van der Waals surface area contributed by atoms with Crippen molar-refractivity contribution in [1.29, 1.82) is 0 Å². The first-order chi connectivity index (χ1) is 12.3. The van der Waals surface area contributed by atoms with Gasteiger partial charge in [-0.05, 0) is 42.1 Å². The Hall–Kier alpha value is -2.80. The van der Waals surface area contributed by atoms with Crippen LogP contribution in [0.5, 0.6) is 11.5 Å². The molecule has 3 aromatic rings. The van der Waals surface area contributed by atoms with Crippen molar-refractivity contribution in [3.05, 3.63) is 58.6 Å². The van der Waals surface area contributed by atoms with Crippen LogP contribution in [0.4, 0.5) is 5.95 Å². The highest BCUT2D eigenvalue weighted by Gasteiger charge is 2.24. The first-order valence-electron chi connectivity index (χ1n) is 8.03. The Bertz CT molecular complexity index is 902. The van der Waals surface area contributed by atoms with Gasteiger partial charge in [0.25, 0.3) is 0 Å². The first kappa shape index (κ1) is 15.7. The fourth-order valence-corrected chi connectivity index (χ4v) is 3.60. The number of ether oxygens (including phenoxy) is 2. The molecule has 0 saturated heterocycles. The molecule has 0 aliphatic carbocycles. The van der Waals surface area contributed by atoms with E-state index in [9.17, 15) is 0 Å². The number of thiophene rings is 1. The molecule has 1 atom stereocenters. The lowest BCUT2D eigenvalue weighted by Crippen LogP contribution is -2.20. The van der Waals surface area contributed by atoms with Crippen LogP contribution in [0.1, 0.15) is 23.4 Å². The van der Waals surface area contributed by atoms with Crippen molar-refractivity contribution in [3.8, 4) is 11.5 Å². The highest BCUT2D eigenvalue weighted by atomic mass is 32.1. The molecule has 0 fully saturated rings. The largest absolute Gasteiger partial charge is 0.493 e. The van der Waals surface area contributed by atoms with E-state index in [0.717, 1.165) is 27.8 Å². The van der Waals surface area contributed by atoms with E-state index in [1.54, 1.807) is 24.8 Å². The van der Waals surface area contributed by atoms with Gasteiger partial charge in [0, 0.05) is 0 Å². The molecule has 0 spiro atoms. The summed E-state index contributed by atoms with van der Waals surface area (Å²) in [6.45, 7) is 2.55. The number of anilines is 1. The molecule has 1 N–H and O–H groups in total. The minimum atomic E-state index is -0.0690. The number of allylic oxidation sites excluding steroid dienone is 1. The lowest BCUT2D eigenvalue weighted by molar-refractivity contribution is 0.310. The van der Waals surface area contributed by atoms with Gasteiger partial charge in [0.1, 0.15) is 12.4 Å². The maximum atomic E-state index is 5.62. The highest BCUT2D eigenvalue weighted by Crippen LogP contribution is 2.36. The summed E-state index contributed by atoms with van der Waals surface area (Å²) in [5.41, 5.74) is 2.09. The molecule has 1 aliphatic heterocycles. The molecule has 6 nitrogen and oxygen atoms in total. The van der Waals surface area contributed by atoms with Crippen molar-refractivity contribution in [2.24, 2.45) is 0 Å². The molecule has 0 amide bonds. The molecule has 4 rings (SSSR count). The van der Waals surface area contributed by atoms with Crippen LogP contribution in [0.25, 0.3) is 5.70 Å². The average molecular weight is 354 g/mol. The van der Waals surface area contributed by atoms with Crippen LogP contribution in [0.15, 0.2) is 48.1 Å². The summed E-state index contributed by atoms with van der Waals surface area (Å²) in [4.78, 5) is 5.49. The van der Waals surface area contributed by atoms with E-state index in [1.165, 1.54) is 0 Å². The summed E-state index contributed by atoms with van der Waals surface area (Å²) in [5.74, 6) is 2.18. The van der Waals surface area contributed by atoms with Gasteiger partial charge in [-0.2, -0.15) is 10.1 Å². The van der Waals surface area contributed by atoms with Crippen molar-refractivity contribution >= 4 is 23.0 Å². The predicted octanol–water partition coefficient (Wildman–Crippen LogP) is 3.80. The molecule has 2 aromatic heterocycles. The second-order valence-electron chi connectivity index (χ2n) is 5.50. The molecule has 0 radical (unpaired) electrons. The number of benzene rings is 1. The number of methoxy groups -OCH3 is 1. The molecule has 128 valence electrons. The Morgan fingerprint density at radius 1 is 1.28 bits per heavy atom. The third-order valence-corrected chi connectivity index (χ3v) is 4.93. The van der Waals surface area contributed by atoms with Crippen LogP contribution in [-0.4, -0.2) is 28.5 Å². The van der Waals surface area contributed by atoms with Crippen LogP contribution >= 0.6 is 11.3 Å². The lowest BCUT2D eigenvalue weighted by Gasteiger charge is -2.24. The monoisotopic (exact) mass is 354 g/mol. The van der Waals surface area contributed by atoms with Crippen molar-refractivity contribution < 1.29 is 9.47 Å². The van der Waals surface area contributed by atoms with Gasteiger partial charge in [0.2, 0.25) is 5.95 Å². The van der Waals surface area contributed by atoms with E-state index >= 15 is 0 Å². The summed E-state index contributed by atoms with van der Waals surface area (Å²) >= 11 is 1.69. The van der Waals surface area contributed by atoms with Crippen molar-refractivity contribution in [1.82, 2.24) is 14.8 Å². The molecule has 0 bridgehead atoms. The number of nitrogens with one attached hydrogen (secondary N) is 1. The van der Waals surface area contributed by atoms with E-state index in [1.807, 2.05) is 35.9 Å². The Morgan fingerprint density at radius 3 is 2.96 bits per heavy atom. The quantitative estimate of drug-likeness (QED) is 0.755. The zero-order chi connectivity index (χ0) is 17.2. The third kappa shape index (κ3) is 2.87. The molecule has 1 unspecified atom stereocenters. The summed E-state index contributed by atoms with van der Waals surface area (Å²) in [6, 6.07) is 10.0. The van der Waals surface area contributed by atoms with Crippen LogP contribution in [0.2, 0.25) is 0 Å². The van der Waals surface area contributed by atoms with Crippen LogP contribution in [0.3, 0.4) is 0 Å². The van der Waals surface area contributed by atoms with Gasteiger partial charge in [-0.1, -0.05) is 12.1 Å². The van der Waals surface area contributed by atoms with Gasteiger partial charge in [0.05, 0.1) is 24.3 Å². The molecule has 3 heterocycles. The van der Waals surface area contributed by atoms with Crippen molar-refractivity contribution in [2.75, 3.05) is 19.0 Å². The van der Waals surface area contributed by atoms with E-state index in [2.05, 4.69) is 32.9 Å². The number of rotatable bonds is 5. The maximum Gasteiger partial charge on any atom is 0.226 e. The number of hydrogen-bond donors (Lipinski definition) is 1. The molecular weight excluding hydrogens is 336 g/mol. The van der Waals surface area contributed by atoms with Gasteiger partial charge in [-0.3, -0.25) is 0 Å². The molecule has 7 heteroatoms. The zero-order valence-electron chi connectivity index (χ0n) is 14.0. The summed E-state index contributed by atoms with van der Waals surface area (Å²) in [5, 5.41) is 9.78. The van der Waals surface area contributed by atoms with Crippen molar-refractivity contribution in [2.45, 2.75) is 13.0 Å². The van der Waals surface area contributed by atoms with E-state index in [0.29, 0.717) is 12.4 Å². The number of fused-ring (bicyclic) bond motifs is 1. The van der Waals surface area contributed by atoms with Gasteiger partial charge in [0.15, 0.2) is 11.5 Å². The molecule has 0 saturated carbocycles. The van der Waals surface area contributed by atoms with Gasteiger partial charge in [-0.25, -0.2) is 4.68 Å². The standard InChI is InChI=1S/C18H18N4O2S/c1-3-24-15-7-6-12(9-16(15)23-2)14-10-13(17-5-4-8-25-17)21-18-19-11-20-22(14)18/h4-11,14H,3H2,1-2H3,(H,19,20,21). The maximum absolute atomic E-state index is 5.62. The Morgan fingerprint density at radius 2 is 2.20 bits per heavy atom. The highest BCUT2D eigenvalue weighted by molar-refractivity contribution is 7.11. The molecule has 1 aliphatic rings. The number of aromatic nitrogens is 3. The normalized spacial score (nSPS) is 15.9. The average Bonchev–Trinajstić information content (AvgIpc) is 3.33.